The van der Waals surface area contributed by atoms with Gasteiger partial charge in [0.2, 0.25) is 0 Å². The van der Waals surface area contributed by atoms with Crippen molar-refractivity contribution in [3.63, 3.8) is 0 Å². The van der Waals surface area contributed by atoms with Gasteiger partial charge < -0.3 is 9.84 Å². The van der Waals surface area contributed by atoms with Crippen molar-refractivity contribution >= 4 is 11.9 Å². The minimum Gasteiger partial charge on any atom is -0.478 e. The van der Waals surface area contributed by atoms with Gasteiger partial charge in [-0.25, -0.2) is 9.59 Å². The van der Waals surface area contributed by atoms with E-state index < -0.39 is 17.5 Å². The topological polar surface area (TPSA) is 63.6 Å². The molecule has 1 N–H and O–H groups in total. The van der Waals surface area contributed by atoms with Crippen LogP contribution in [0, 0.1) is 11.8 Å². The smallest absolute Gasteiger partial charge is 0.339 e. The molecule has 1 aliphatic carbocycles. The molecule has 4 nitrogen and oxygen atoms in total. The molecule has 0 aromatic heterocycles. The summed E-state index contributed by atoms with van der Waals surface area (Å²) in [6.45, 7) is 6.35. The number of esters is 1. The molecular formula is C19H26O4. The molecule has 0 heterocycles. The Kier molecular flexibility index (Phi) is 5.45. The Hall–Kier alpha value is -1.84. The van der Waals surface area contributed by atoms with Crippen LogP contribution in [-0.4, -0.2) is 22.6 Å². The fraction of sp³-hybridized carbons (Fsp3) is 0.579. The number of aromatic carboxylic acids is 1. The lowest BCUT2D eigenvalue weighted by Gasteiger charge is -2.41. The average Bonchev–Trinajstić information content (AvgIpc) is 2.49. The maximum absolute atomic E-state index is 12.6. The number of rotatable bonds is 5. The molecule has 0 amide bonds. The summed E-state index contributed by atoms with van der Waals surface area (Å²) >= 11 is 0. The summed E-state index contributed by atoms with van der Waals surface area (Å²) in [5, 5.41) is 9.25. The second kappa shape index (κ2) is 7.16. The van der Waals surface area contributed by atoms with Crippen molar-refractivity contribution in [3.05, 3.63) is 35.4 Å². The summed E-state index contributed by atoms with van der Waals surface area (Å²) in [7, 11) is 0. The number of carbonyl (C=O) groups excluding carboxylic acids is 1. The quantitative estimate of drug-likeness (QED) is 0.810. The van der Waals surface area contributed by atoms with E-state index >= 15 is 0 Å². The zero-order valence-corrected chi connectivity index (χ0v) is 14.2. The van der Waals surface area contributed by atoms with E-state index in [1.54, 1.807) is 12.1 Å². The molecule has 2 rings (SSSR count). The number of carboxylic acids is 1. The summed E-state index contributed by atoms with van der Waals surface area (Å²) in [4.78, 5) is 23.9. The SMILES string of the molecule is CC(C)CC1CCCCC1(C)OC(=O)c1ccccc1C(=O)O. The van der Waals surface area contributed by atoms with Gasteiger partial charge in [-0.15, -0.1) is 0 Å². The first-order chi connectivity index (χ1) is 10.8. The highest BCUT2D eigenvalue weighted by Gasteiger charge is 2.40. The lowest BCUT2D eigenvalue weighted by molar-refractivity contribution is -0.0651. The van der Waals surface area contributed by atoms with E-state index in [9.17, 15) is 14.7 Å². The summed E-state index contributed by atoms with van der Waals surface area (Å²) in [6, 6.07) is 6.24. The number of carbonyl (C=O) groups is 2. The first-order valence-corrected chi connectivity index (χ1v) is 8.39. The van der Waals surface area contributed by atoms with E-state index in [1.165, 1.54) is 12.1 Å². The third-order valence-corrected chi connectivity index (χ3v) is 4.80. The highest BCUT2D eigenvalue weighted by molar-refractivity contribution is 6.02. The van der Waals surface area contributed by atoms with Gasteiger partial charge in [0.05, 0.1) is 11.1 Å². The Morgan fingerprint density at radius 1 is 1.26 bits per heavy atom. The van der Waals surface area contributed by atoms with Crippen molar-refractivity contribution in [1.29, 1.82) is 0 Å². The van der Waals surface area contributed by atoms with Crippen molar-refractivity contribution in [2.75, 3.05) is 0 Å². The van der Waals surface area contributed by atoms with Gasteiger partial charge in [0.1, 0.15) is 5.60 Å². The molecule has 4 heteroatoms. The molecule has 1 fully saturated rings. The van der Waals surface area contributed by atoms with E-state index in [4.69, 9.17) is 4.74 Å². The zero-order valence-electron chi connectivity index (χ0n) is 14.2. The van der Waals surface area contributed by atoms with Gasteiger partial charge in [0.15, 0.2) is 0 Å². The number of hydrogen-bond acceptors (Lipinski definition) is 3. The number of carboxylic acid groups (broad SMARTS) is 1. The largest absolute Gasteiger partial charge is 0.478 e. The number of benzene rings is 1. The van der Waals surface area contributed by atoms with Gasteiger partial charge >= 0.3 is 11.9 Å². The van der Waals surface area contributed by atoms with Crippen LogP contribution in [0.5, 0.6) is 0 Å². The summed E-state index contributed by atoms with van der Waals surface area (Å²) < 4.78 is 5.87. The maximum Gasteiger partial charge on any atom is 0.339 e. The molecule has 0 aliphatic heterocycles. The summed E-state index contributed by atoms with van der Waals surface area (Å²) in [5.41, 5.74) is -0.377. The first-order valence-electron chi connectivity index (χ1n) is 8.39. The minimum absolute atomic E-state index is 0.00248. The van der Waals surface area contributed by atoms with Gasteiger partial charge in [0, 0.05) is 0 Å². The highest BCUT2D eigenvalue weighted by atomic mass is 16.6. The van der Waals surface area contributed by atoms with Crippen molar-refractivity contribution < 1.29 is 19.4 Å². The van der Waals surface area contributed by atoms with Crippen LogP contribution in [-0.2, 0) is 4.74 Å². The van der Waals surface area contributed by atoms with Gasteiger partial charge in [-0.2, -0.15) is 0 Å². The van der Waals surface area contributed by atoms with Crippen molar-refractivity contribution in [1.82, 2.24) is 0 Å². The molecular weight excluding hydrogens is 292 g/mol. The van der Waals surface area contributed by atoms with E-state index in [1.807, 2.05) is 6.92 Å². The number of ether oxygens (including phenoxy) is 1. The molecule has 1 saturated carbocycles. The summed E-state index contributed by atoms with van der Waals surface area (Å²) in [5.74, 6) is -0.758. The molecule has 1 aliphatic rings. The third-order valence-electron chi connectivity index (χ3n) is 4.80. The van der Waals surface area contributed by atoms with Crippen LogP contribution in [0.25, 0.3) is 0 Å². The molecule has 23 heavy (non-hydrogen) atoms. The Balaban J connectivity index is 2.22. The van der Waals surface area contributed by atoms with Crippen LogP contribution in [0.1, 0.15) is 73.6 Å². The van der Waals surface area contributed by atoms with Crippen LogP contribution in [0.15, 0.2) is 24.3 Å². The molecule has 126 valence electrons. The van der Waals surface area contributed by atoms with Crippen molar-refractivity contribution in [2.45, 2.75) is 58.5 Å². The van der Waals surface area contributed by atoms with Crippen LogP contribution in [0.4, 0.5) is 0 Å². The van der Waals surface area contributed by atoms with Crippen LogP contribution in [0.2, 0.25) is 0 Å². The fourth-order valence-electron chi connectivity index (χ4n) is 3.56. The molecule has 0 bridgehead atoms. The molecule has 0 saturated heterocycles. The Morgan fingerprint density at radius 2 is 1.91 bits per heavy atom. The predicted octanol–water partition coefficient (Wildman–Crippen LogP) is 4.54. The second-order valence-electron chi connectivity index (χ2n) is 7.13. The van der Waals surface area contributed by atoms with Gasteiger partial charge in [-0.3, -0.25) is 0 Å². The molecule has 0 spiro atoms. The standard InChI is InChI=1S/C19H26O4/c1-13(2)12-14-8-6-7-11-19(14,3)23-18(22)16-10-5-4-9-15(16)17(20)21/h4-5,9-10,13-14H,6-8,11-12H2,1-3H3,(H,20,21). The highest BCUT2D eigenvalue weighted by Crippen LogP contribution is 2.40. The monoisotopic (exact) mass is 318 g/mol. The van der Waals surface area contributed by atoms with E-state index in [2.05, 4.69) is 13.8 Å². The van der Waals surface area contributed by atoms with Gasteiger partial charge in [-0.05, 0) is 56.6 Å². The predicted molar refractivity (Wildman–Crippen MR) is 88.6 cm³/mol. The third kappa shape index (κ3) is 4.12. The molecule has 2 unspecified atom stereocenters. The lowest BCUT2D eigenvalue weighted by atomic mass is 9.73. The zero-order chi connectivity index (χ0) is 17.0. The normalized spacial score (nSPS) is 24.4. The fourth-order valence-corrected chi connectivity index (χ4v) is 3.56. The number of hydrogen-bond donors (Lipinski definition) is 1. The Bertz CT molecular complexity index is 578. The van der Waals surface area contributed by atoms with Crippen molar-refractivity contribution in [2.24, 2.45) is 11.8 Å². The Labute approximate surface area is 137 Å². The lowest BCUT2D eigenvalue weighted by Crippen LogP contribution is -2.43. The Morgan fingerprint density at radius 3 is 2.52 bits per heavy atom. The minimum atomic E-state index is -1.11. The second-order valence-corrected chi connectivity index (χ2v) is 7.13. The average molecular weight is 318 g/mol. The van der Waals surface area contributed by atoms with E-state index in [-0.39, 0.29) is 11.1 Å². The van der Waals surface area contributed by atoms with E-state index in [0.29, 0.717) is 11.8 Å². The van der Waals surface area contributed by atoms with Crippen LogP contribution < -0.4 is 0 Å². The van der Waals surface area contributed by atoms with Gasteiger partial charge in [-0.1, -0.05) is 32.4 Å². The molecule has 2 atom stereocenters. The van der Waals surface area contributed by atoms with Gasteiger partial charge in [0.25, 0.3) is 0 Å². The van der Waals surface area contributed by atoms with Crippen LogP contribution in [0.3, 0.4) is 0 Å². The summed E-state index contributed by atoms with van der Waals surface area (Å²) in [6.07, 6.45) is 5.12. The van der Waals surface area contributed by atoms with Crippen LogP contribution >= 0.6 is 0 Å². The molecule has 1 aromatic carbocycles. The molecule has 0 radical (unpaired) electrons. The first kappa shape index (κ1) is 17.5. The van der Waals surface area contributed by atoms with Crippen molar-refractivity contribution in [3.8, 4) is 0 Å². The molecule has 1 aromatic rings. The van der Waals surface area contributed by atoms with E-state index in [0.717, 1.165) is 32.1 Å². The maximum atomic E-state index is 12.6.